The fraction of sp³-hybridized carbons (Fsp3) is 0.0625. The van der Waals surface area contributed by atoms with Crippen molar-refractivity contribution < 1.29 is 8.81 Å². The number of benzene rings is 1. The van der Waals surface area contributed by atoms with Crippen LogP contribution in [0, 0.1) is 5.82 Å². The molecular formula is C16H10FN3O2S2. The lowest BCUT2D eigenvalue weighted by Gasteiger charge is -1.96. The van der Waals surface area contributed by atoms with Crippen molar-refractivity contribution in [2.75, 3.05) is 0 Å². The van der Waals surface area contributed by atoms with Gasteiger partial charge in [0.2, 0.25) is 0 Å². The number of hydrogen-bond acceptors (Lipinski definition) is 6. The number of hydrogen-bond donors (Lipinski definition) is 0. The highest BCUT2D eigenvalue weighted by atomic mass is 32.1. The van der Waals surface area contributed by atoms with E-state index in [4.69, 9.17) is 4.42 Å². The first kappa shape index (κ1) is 15.0. The van der Waals surface area contributed by atoms with Crippen LogP contribution in [0.4, 0.5) is 4.39 Å². The van der Waals surface area contributed by atoms with Crippen molar-refractivity contribution in [2.45, 2.75) is 6.54 Å². The Morgan fingerprint density at radius 1 is 1.17 bits per heavy atom. The molecule has 0 radical (unpaired) electrons. The molecule has 5 nitrogen and oxygen atoms in total. The van der Waals surface area contributed by atoms with Gasteiger partial charge in [0.15, 0.2) is 0 Å². The van der Waals surface area contributed by atoms with E-state index in [2.05, 4.69) is 10.1 Å². The summed E-state index contributed by atoms with van der Waals surface area (Å²) in [6.45, 7) is 0.228. The number of thiazole rings is 1. The Labute approximate surface area is 143 Å². The van der Waals surface area contributed by atoms with Gasteiger partial charge in [0, 0.05) is 10.9 Å². The molecule has 0 saturated heterocycles. The van der Waals surface area contributed by atoms with Crippen LogP contribution >= 0.6 is 22.7 Å². The van der Waals surface area contributed by atoms with E-state index in [-0.39, 0.29) is 12.4 Å². The van der Waals surface area contributed by atoms with Crippen molar-refractivity contribution in [1.29, 1.82) is 0 Å². The summed E-state index contributed by atoms with van der Waals surface area (Å²) in [6, 6.07) is 9.85. The van der Waals surface area contributed by atoms with Gasteiger partial charge in [-0.25, -0.2) is 14.2 Å². The highest BCUT2D eigenvalue weighted by Crippen LogP contribution is 2.25. The molecular weight excluding hydrogens is 349 g/mol. The fourth-order valence-electron chi connectivity index (χ4n) is 2.16. The van der Waals surface area contributed by atoms with Crippen molar-refractivity contribution in [1.82, 2.24) is 14.8 Å². The summed E-state index contributed by atoms with van der Waals surface area (Å²) < 4.78 is 19.4. The molecule has 3 heterocycles. The Bertz CT molecular complexity index is 1020. The predicted octanol–water partition coefficient (Wildman–Crippen LogP) is 3.88. The third-order valence-corrected chi connectivity index (χ3v) is 5.09. The Morgan fingerprint density at radius 3 is 2.75 bits per heavy atom. The lowest BCUT2D eigenvalue weighted by atomic mass is 10.2. The van der Waals surface area contributed by atoms with E-state index in [1.165, 1.54) is 39.5 Å². The van der Waals surface area contributed by atoms with Crippen LogP contribution in [0.2, 0.25) is 0 Å². The molecule has 1 aromatic carbocycles. The van der Waals surface area contributed by atoms with Crippen molar-refractivity contribution >= 4 is 22.7 Å². The van der Waals surface area contributed by atoms with Crippen molar-refractivity contribution in [3.8, 4) is 21.3 Å². The summed E-state index contributed by atoms with van der Waals surface area (Å²) in [5, 5.41) is 8.71. The molecule has 0 fully saturated rings. The molecule has 0 unspecified atom stereocenters. The van der Waals surface area contributed by atoms with Gasteiger partial charge in [0.05, 0.1) is 17.1 Å². The van der Waals surface area contributed by atoms with Crippen LogP contribution in [0.15, 0.2) is 56.4 Å². The van der Waals surface area contributed by atoms with E-state index in [1.807, 2.05) is 22.9 Å². The molecule has 0 N–H and O–H groups in total. The van der Waals surface area contributed by atoms with Gasteiger partial charge in [-0.15, -0.1) is 27.8 Å². The highest BCUT2D eigenvalue weighted by Gasteiger charge is 2.13. The maximum atomic E-state index is 13.0. The Hall–Kier alpha value is -2.58. The molecule has 4 rings (SSSR count). The zero-order chi connectivity index (χ0) is 16.5. The van der Waals surface area contributed by atoms with Crippen LogP contribution < -0.4 is 5.76 Å². The second kappa shape index (κ2) is 6.14. The number of rotatable bonds is 4. The van der Waals surface area contributed by atoms with Crippen molar-refractivity contribution in [2.24, 2.45) is 0 Å². The Kier molecular flexibility index (Phi) is 3.83. The Morgan fingerprint density at radius 2 is 2.00 bits per heavy atom. The van der Waals surface area contributed by atoms with E-state index in [0.29, 0.717) is 11.6 Å². The molecule has 0 aliphatic carbocycles. The van der Waals surface area contributed by atoms with Crippen LogP contribution in [-0.2, 0) is 6.54 Å². The number of nitrogens with zero attached hydrogens (tertiary/aromatic N) is 3. The van der Waals surface area contributed by atoms with Gasteiger partial charge in [0.1, 0.15) is 10.8 Å². The summed E-state index contributed by atoms with van der Waals surface area (Å²) in [4.78, 5) is 17.2. The first-order chi connectivity index (χ1) is 11.7. The van der Waals surface area contributed by atoms with E-state index in [9.17, 15) is 9.18 Å². The molecule has 120 valence electrons. The molecule has 4 aromatic rings. The summed E-state index contributed by atoms with van der Waals surface area (Å²) in [7, 11) is 0. The average Bonchev–Trinajstić information content (AvgIpc) is 3.31. The third kappa shape index (κ3) is 2.93. The second-order valence-electron chi connectivity index (χ2n) is 4.96. The number of aromatic nitrogens is 3. The summed E-state index contributed by atoms with van der Waals surface area (Å²) in [6.07, 6.45) is 0. The molecule has 0 aliphatic heterocycles. The summed E-state index contributed by atoms with van der Waals surface area (Å²) in [5.74, 6) is -0.496. The van der Waals surface area contributed by atoms with Gasteiger partial charge in [-0.2, -0.15) is 4.68 Å². The summed E-state index contributed by atoms with van der Waals surface area (Å²) in [5.41, 5.74) is 1.53. The first-order valence-electron chi connectivity index (χ1n) is 7.01. The molecule has 24 heavy (non-hydrogen) atoms. The van der Waals surface area contributed by atoms with E-state index < -0.39 is 5.76 Å². The average molecular weight is 359 g/mol. The predicted molar refractivity (Wildman–Crippen MR) is 90.7 cm³/mol. The standard InChI is InChI=1S/C16H10FN3O2S2/c17-11-5-3-10(4-6-11)15-18-12(9-24-15)8-20-16(21)22-14(19-20)13-2-1-7-23-13/h1-7,9H,8H2. The maximum absolute atomic E-state index is 13.0. The van der Waals surface area contributed by atoms with Gasteiger partial charge in [-0.05, 0) is 35.7 Å². The molecule has 8 heteroatoms. The Balaban J connectivity index is 1.58. The quantitative estimate of drug-likeness (QED) is 0.555. The normalized spacial score (nSPS) is 11.0. The second-order valence-corrected chi connectivity index (χ2v) is 6.76. The van der Waals surface area contributed by atoms with Gasteiger partial charge >= 0.3 is 5.76 Å². The zero-order valence-electron chi connectivity index (χ0n) is 12.2. The lowest BCUT2D eigenvalue weighted by Crippen LogP contribution is -2.16. The minimum atomic E-state index is -0.519. The van der Waals surface area contributed by atoms with Crippen LogP contribution in [0.25, 0.3) is 21.3 Å². The van der Waals surface area contributed by atoms with Crippen LogP contribution in [0.3, 0.4) is 0 Å². The topological polar surface area (TPSA) is 60.9 Å². The van der Waals surface area contributed by atoms with E-state index >= 15 is 0 Å². The smallest absolute Gasteiger partial charge is 0.387 e. The fourth-order valence-corrected chi connectivity index (χ4v) is 3.63. The lowest BCUT2D eigenvalue weighted by molar-refractivity contribution is 0.494. The monoisotopic (exact) mass is 359 g/mol. The van der Waals surface area contributed by atoms with Gasteiger partial charge < -0.3 is 4.42 Å². The molecule has 0 spiro atoms. The molecule has 3 aromatic heterocycles. The minimum Gasteiger partial charge on any atom is -0.387 e. The van der Waals surface area contributed by atoms with Crippen molar-refractivity contribution in [3.63, 3.8) is 0 Å². The highest BCUT2D eigenvalue weighted by molar-refractivity contribution is 7.13. The number of thiophene rings is 1. The molecule has 0 atom stereocenters. The molecule has 0 saturated carbocycles. The first-order valence-corrected chi connectivity index (χ1v) is 8.77. The molecule has 0 aliphatic rings. The maximum Gasteiger partial charge on any atom is 0.437 e. The van der Waals surface area contributed by atoms with Crippen LogP contribution in [0.1, 0.15) is 5.69 Å². The third-order valence-electron chi connectivity index (χ3n) is 3.29. The van der Waals surface area contributed by atoms with Gasteiger partial charge in [-0.3, -0.25) is 0 Å². The largest absolute Gasteiger partial charge is 0.437 e. The van der Waals surface area contributed by atoms with Crippen LogP contribution in [0.5, 0.6) is 0 Å². The number of halogens is 1. The van der Waals surface area contributed by atoms with Gasteiger partial charge in [0.25, 0.3) is 5.89 Å². The summed E-state index contributed by atoms with van der Waals surface area (Å²) >= 11 is 2.89. The minimum absolute atomic E-state index is 0.228. The van der Waals surface area contributed by atoms with Crippen molar-refractivity contribution in [3.05, 3.63) is 69.2 Å². The van der Waals surface area contributed by atoms with Crippen LogP contribution in [-0.4, -0.2) is 14.8 Å². The zero-order valence-corrected chi connectivity index (χ0v) is 13.8. The van der Waals surface area contributed by atoms with E-state index in [1.54, 1.807) is 12.1 Å². The van der Waals surface area contributed by atoms with Gasteiger partial charge in [-0.1, -0.05) is 6.07 Å². The molecule has 0 amide bonds. The SMILES string of the molecule is O=c1oc(-c2cccs2)nn1Cc1csc(-c2ccc(F)cc2)n1. The molecule has 0 bridgehead atoms. The van der Waals surface area contributed by atoms with E-state index in [0.717, 1.165) is 15.4 Å².